The Morgan fingerprint density at radius 2 is 2.39 bits per heavy atom. The molecular weight excluding hydrogens is 228 g/mol. The van der Waals surface area contributed by atoms with Crippen molar-refractivity contribution < 1.29 is 9.90 Å². The highest BCUT2D eigenvalue weighted by Gasteiger charge is 2.50. The number of hydrogen-bond donors (Lipinski definition) is 2. The smallest absolute Gasteiger partial charge is 0.229 e. The van der Waals surface area contributed by atoms with Crippen LogP contribution in [0.5, 0.6) is 0 Å². The zero-order valence-corrected chi connectivity index (χ0v) is 10.5. The van der Waals surface area contributed by atoms with Crippen LogP contribution in [0.3, 0.4) is 0 Å². The first-order valence-electron chi connectivity index (χ1n) is 5.89. The van der Waals surface area contributed by atoms with Crippen LogP contribution in [0.4, 0.5) is 5.82 Å². The van der Waals surface area contributed by atoms with Gasteiger partial charge in [-0.2, -0.15) is 0 Å². The number of anilines is 1. The van der Waals surface area contributed by atoms with Gasteiger partial charge >= 0.3 is 0 Å². The predicted octanol–water partition coefficient (Wildman–Crippen LogP) is 1.41. The molecule has 18 heavy (non-hydrogen) atoms. The summed E-state index contributed by atoms with van der Waals surface area (Å²) in [4.78, 5) is 16.0. The molecule has 0 bridgehead atoms. The van der Waals surface area contributed by atoms with Crippen LogP contribution < -0.4 is 5.32 Å². The summed E-state index contributed by atoms with van der Waals surface area (Å²) in [7, 11) is 0. The lowest BCUT2D eigenvalue weighted by Gasteiger charge is -2.05. The number of nitrogens with zero attached hydrogens (tertiary/aromatic N) is 1. The summed E-state index contributed by atoms with van der Waals surface area (Å²) in [5, 5.41) is 11.4. The number of pyridine rings is 1. The van der Waals surface area contributed by atoms with E-state index in [4.69, 9.17) is 5.11 Å². The van der Waals surface area contributed by atoms with Gasteiger partial charge in [-0.05, 0) is 24.0 Å². The van der Waals surface area contributed by atoms with Crippen molar-refractivity contribution in [1.29, 1.82) is 0 Å². The number of amides is 1. The van der Waals surface area contributed by atoms with Crippen LogP contribution in [0.2, 0.25) is 0 Å². The van der Waals surface area contributed by atoms with E-state index >= 15 is 0 Å². The molecule has 1 unspecified atom stereocenters. The maximum absolute atomic E-state index is 11.9. The van der Waals surface area contributed by atoms with Gasteiger partial charge < -0.3 is 10.4 Å². The van der Waals surface area contributed by atoms with Crippen LogP contribution in [0.15, 0.2) is 18.3 Å². The van der Waals surface area contributed by atoms with E-state index in [0.717, 1.165) is 12.0 Å². The molecule has 1 aromatic heterocycles. The highest BCUT2D eigenvalue weighted by molar-refractivity contribution is 5.94. The van der Waals surface area contributed by atoms with Gasteiger partial charge in [0.2, 0.25) is 5.91 Å². The van der Waals surface area contributed by atoms with Gasteiger partial charge in [0, 0.05) is 17.7 Å². The second-order valence-electron chi connectivity index (χ2n) is 5.12. The fourth-order valence-electron chi connectivity index (χ4n) is 1.85. The fourth-order valence-corrected chi connectivity index (χ4v) is 1.85. The molecule has 1 atom stereocenters. The summed E-state index contributed by atoms with van der Waals surface area (Å²) >= 11 is 0. The summed E-state index contributed by atoms with van der Waals surface area (Å²) in [5.74, 6) is 5.93. The van der Waals surface area contributed by atoms with Gasteiger partial charge in [0.15, 0.2) is 0 Å². The molecule has 0 aromatic carbocycles. The van der Waals surface area contributed by atoms with Crippen molar-refractivity contribution in [2.45, 2.75) is 20.3 Å². The first-order chi connectivity index (χ1) is 8.53. The van der Waals surface area contributed by atoms with E-state index in [9.17, 15) is 4.79 Å². The first kappa shape index (κ1) is 12.6. The topological polar surface area (TPSA) is 62.2 Å². The van der Waals surface area contributed by atoms with Crippen LogP contribution in [0.1, 0.15) is 25.8 Å². The van der Waals surface area contributed by atoms with Crippen molar-refractivity contribution in [3.8, 4) is 11.8 Å². The fraction of sp³-hybridized carbons (Fsp3) is 0.429. The van der Waals surface area contributed by atoms with Gasteiger partial charge in [0.1, 0.15) is 12.4 Å². The lowest BCUT2D eigenvalue weighted by Crippen LogP contribution is -2.17. The maximum Gasteiger partial charge on any atom is 0.229 e. The van der Waals surface area contributed by atoms with Crippen molar-refractivity contribution in [2.24, 2.45) is 11.3 Å². The Labute approximate surface area is 106 Å². The minimum absolute atomic E-state index is 0.0137. The van der Waals surface area contributed by atoms with E-state index in [2.05, 4.69) is 36.0 Å². The molecule has 1 amide bonds. The largest absolute Gasteiger partial charge is 0.384 e. The monoisotopic (exact) mass is 244 g/mol. The van der Waals surface area contributed by atoms with Gasteiger partial charge in [0.25, 0.3) is 0 Å². The van der Waals surface area contributed by atoms with Gasteiger partial charge in [-0.1, -0.05) is 25.7 Å². The lowest BCUT2D eigenvalue weighted by atomic mass is 10.1. The Bertz CT molecular complexity index is 526. The average molecular weight is 244 g/mol. The zero-order valence-electron chi connectivity index (χ0n) is 10.5. The molecule has 0 aliphatic heterocycles. The summed E-state index contributed by atoms with van der Waals surface area (Å²) in [5.41, 5.74) is 0.836. The minimum Gasteiger partial charge on any atom is -0.384 e. The molecule has 2 rings (SSSR count). The van der Waals surface area contributed by atoms with Crippen molar-refractivity contribution in [1.82, 2.24) is 4.98 Å². The van der Waals surface area contributed by atoms with Gasteiger partial charge in [0.05, 0.1) is 0 Å². The highest BCUT2D eigenvalue weighted by atomic mass is 16.2. The SMILES string of the molecule is CC1(C)CC1C(=O)Nc1cc(C#CCO)ccn1. The third-order valence-electron chi connectivity index (χ3n) is 3.15. The molecule has 1 aromatic rings. The average Bonchev–Trinajstić information content (AvgIpc) is 2.96. The second-order valence-corrected chi connectivity index (χ2v) is 5.12. The summed E-state index contributed by atoms with van der Waals surface area (Å²) in [6, 6.07) is 3.44. The summed E-state index contributed by atoms with van der Waals surface area (Å²) in [6.45, 7) is 3.97. The van der Waals surface area contributed by atoms with Crippen molar-refractivity contribution >= 4 is 11.7 Å². The van der Waals surface area contributed by atoms with Crippen molar-refractivity contribution in [3.05, 3.63) is 23.9 Å². The normalized spacial score (nSPS) is 19.6. The van der Waals surface area contributed by atoms with E-state index in [-0.39, 0.29) is 23.8 Å². The molecule has 4 heteroatoms. The molecule has 1 aliphatic rings. The third kappa shape index (κ3) is 2.88. The summed E-state index contributed by atoms with van der Waals surface area (Å²) in [6.07, 6.45) is 2.51. The Balaban J connectivity index is 2.04. The first-order valence-corrected chi connectivity index (χ1v) is 5.89. The Kier molecular flexibility index (Phi) is 3.35. The number of carbonyl (C=O) groups is 1. The predicted molar refractivity (Wildman–Crippen MR) is 68.7 cm³/mol. The van der Waals surface area contributed by atoms with E-state index in [1.165, 1.54) is 0 Å². The molecule has 0 radical (unpaired) electrons. The molecule has 1 saturated carbocycles. The number of nitrogens with one attached hydrogen (secondary N) is 1. The molecule has 1 heterocycles. The second kappa shape index (κ2) is 4.79. The van der Waals surface area contributed by atoms with Crippen molar-refractivity contribution in [2.75, 3.05) is 11.9 Å². The van der Waals surface area contributed by atoms with Gasteiger partial charge in [-0.25, -0.2) is 4.98 Å². The van der Waals surface area contributed by atoms with Crippen LogP contribution in [0.25, 0.3) is 0 Å². The van der Waals surface area contributed by atoms with Crippen LogP contribution in [0, 0.1) is 23.2 Å². The molecular formula is C14H16N2O2. The number of aliphatic hydroxyl groups is 1. The number of aliphatic hydroxyl groups excluding tert-OH is 1. The number of aromatic nitrogens is 1. The third-order valence-corrected chi connectivity index (χ3v) is 3.15. The Morgan fingerprint density at radius 3 is 3.00 bits per heavy atom. The van der Waals surface area contributed by atoms with Gasteiger partial charge in [-0.15, -0.1) is 0 Å². The highest BCUT2D eigenvalue weighted by Crippen LogP contribution is 2.51. The lowest BCUT2D eigenvalue weighted by molar-refractivity contribution is -0.118. The van der Waals surface area contributed by atoms with E-state index in [1.54, 1.807) is 18.3 Å². The van der Waals surface area contributed by atoms with Crippen LogP contribution >= 0.6 is 0 Å². The molecule has 0 spiro atoms. The molecule has 0 saturated heterocycles. The molecule has 1 aliphatic carbocycles. The summed E-state index contributed by atoms with van der Waals surface area (Å²) < 4.78 is 0. The molecule has 2 N–H and O–H groups in total. The standard InChI is InChI=1S/C14H16N2O2/c1-14(2)9-11(14)13(18)16-12-8-10(4-3-7-17)5-6-15-12/h5-6,8,11,17H,7,9H2,1-2H3,(H,15,16,18). The van der Waals surface area contributed by atoms with E-state index < -0.39 is 0 Å². The number of rotatable bonds is 2. The van der Waals surface area contributed by atoms with Crippen molar-refractivity contribution in [3.63, 3.8) is 0 Å². The molecule has 1 fully saturated rings. The van der Waals surface area contributed by atoms with E-state index in [0.29, 0.717) is 5.82 Å². The Hall–Kier alpha value is -1.86. The molecule has 4 nitrogen and oxygen atoms in total. The van der Waals surface area contributed by atoms with Crippen LogP contribution in [-0.4, -0.2) is 22.6 Å². The van der Waals surface area contributed by atoms with Crippen LogP contribution in [-0.2, 0) is 4.79 Å². The zero-order chi connectivity index (χ0) is 13.2. The minimum atomic E-state index is -0.180. The maximum atomic E-state index is 11.9. The number of hydrogen-bond acceptors (Lipinski definition) is 3. The number of carbonyl (C=O) groups excluding carboxylic acids is 1. The van der Waals surface area contributed by atoms with Gasteiger partial charge in [-0.3, -0.25) is 4.79 Å². The Morgan fingerprint density at radius 1 is 1.67 bits per heavy atom. The quantitative estimate of drug-likeness (QED) is 0.773. The van der Waals surface area contributed by atoms with E-state index in [1.807, 2.05) is 0 Å². The molecule has 94 valence electrons.